The molecule has 18 heavy (non-hydrogen) atoms. The largest absolute Gasteiger partial charge is 0.480 e. The fraction of sp³-hybridized carbons (Fsp3) is 0.500. The van der Waals surface area contributed by atoms with Gasteiger partial charge in [-0.05, 0) is 25.0 Å². The zero-order valence-corrected chi connectivity index (χ0v) is 10.5. The molecular weight excluding hydrogens is 228 g/mol. The second kappa shape index (κ2) is 5.76. The van der Waals surface area contributed by atoms with E-state index in [2.05, 4.69) is 0 Å². The minimum Gasteiger partial charge on any atom is -0.480 e. The van der Waals surface area contributed by atoms with Crippen molar-refractivity contribution >= 4 is 17.3 Å². The number of benzene rings is 1. The topological polar surface area (TPSA) is 66.6 Å². The molecule has 0 saturated heterocycles. The Morgan fingerprint density at radius 1 is 1.28 bits per heavy atom. The van der Waals surface area contributed by atoms with Crippen LogP contribution in [-0.4, -0.2) is 23.7 Å². The smallest absolute Gasteiger partial charge is 0.323 e. The number of nitrogen functional groups attached to an aromatic ring is 1. The third-order valence-electron chi connectivity index (χ3n) is 3.57. The maximum absolute atomic E-state index is 11.1. The Bertz CT molecular complexity index is 414. The Hall–Kier alpha value is -1.71. The first-order valence-electron chi connectivity index (χ1n) is 6.51. The summed E-state index contributed by atoms with van der Waals surface area (Å²) in [5, 5.41) is 9.08. The summed E-state index contributed by atoms with van der Waals surface area (Å²) < 4.78 is 0. The van der Waals surface area contributed by atoms with Gasteiger partial charge in [-0.1, -0.05) is 31.4 Å². The summed E-state index contributed by atoms with van der Waals surface area (Å²) in [7, 11) is 0. The minimum atomic E-state index is -0.802. The number of carboxylic acid groups (broad SMARTS) is 1. The number of nitrogens with zero attached hydrogens (tertiary/aromatic N) is 1. The highest BCUT2D eigenvalue weighted by Gasteiger charge is 2.24. The van der Waals surface area contributed by atoms with Crippen LogP contribution in [0.25, 0.3) is 0 Å². The van der Waals surface area contributed by atoms with E-state index in [0.29, 0.717) is 11.7 Å². The predicted molar refractivity (Wildman–Crippen MR) is 72.7 cm³/mol. The van der Waals surface area contributed by atoms with Crippen molar-refractivity contribution in [3.63, 3.8) is 0 Å². The van der Waals surface area contributed by atoms with Gasteiger partial charge in [0.15, 0.2) is 0 Å². The highest BCUT2D eigenvalue weighted by molar-refractivity contribution is 5.77. The van der Waals surface area contributed by atoms with E-state index in [4.69, 9.17) is 10.8 Å². The van der Waals surface area contributed by atoms with Gasteiger partial charge in [0.2, 0.25) is 0 Å². The van der Waals surface area contributed by atoms with Crippen molar-refractivity contribution in [1.29, 1.82) is 0 Å². The molecule has 0 aromatic heterocycles. The number of rotatable bonds is 4. The van der Waals surface area contributed by atoms with Crippen LogP contribution >= 0.6 is 0 Å². The zero-order valence-electron chi connectivity index (χ0n) is 10.5. The predicted octanol–water partition coefficient (Wildman–Crippen LogP) is 2.49. The molecule has 1 fully saturated rings. The van der Waals surface area contributed by atoms with E-state index in [1.807, 2.05) is 29.2 Å². The van der Waals surface area contributed by atoms with Gasteiger partial charge in [-0.2, -0.15) is 0 Å². The number of para-hydroxylation sites is 2. The van der Waals surface area contributed by atoms with Gasteiger partial charge in [-0.3, -0.25) is 4.79 Å². The maximum Gasteiger partial charge on any atom is 0.323 e. The highest BCUT2D eigenvalue weighted by Crippen LogP contribution is 2.30. The molecule has 0 heterocycles. The zero-order chi connectivity index (χ0) is 13.0. The molecule has 1 aromatic rings. The summed E-state index contributed by atoms with van der Waals surface area (Å²) in [6.07, 6.45) is 5.71. The van der Waals surface area contributed by atoms with Crippen LogP contribution in [0.3, 0.4) is 0 Å². The van der Waals surface area contributed by atoms with Gasteiger partial charge in [-0.25, -0.2) is 0 Å². The van der Waals surface area contributed by atoms with E-state index in [1.165, 1.54) is 19.3 Å². The van der Waals surface area contributed by atoms with E-state index in [-0.39, 0.29) is 6.54 Å². The number of aliphatic carboxylic acids is 1. The monoisotopic (exact) mass is 248 g/mol. The number of anilines is 2. The van der Waals surface area contributed by atoms with Crippen molar-refractivity contribution in [2.75, 3.05) is 17.2 Å². The van der Waals surface area contributed by atoms with Gasteiger partial charge in [0, 0.05) is 6.04 Å². The van der Waals surface area contributed by atoms with Crippen LogP contribution in [0, 0.1) is 0 Å². The lowest BCUT2D eigenvalue weighted by Crippen LogP contribution is -2.40. The Kier molecular flexibility index (Phi) is 4.07. The van der Waals surface area contributed by atoms with Gasteiger partial charge in [-0.15, -0.1) is 0 Å². The molecule has 0 atom stereocenters. The third-order valence-corrected chi connectivity index (χ3v) is 3.57. The fourth-order valence-electron chi connectivity index (χ4n) is 2.70. The molecular formula is C14H20N2O2. The quantitative estimate of drug-likeness (QED) is 0.803. The van der Waals surface area contributed by atoms with E-state index in [1.54, 1.807) is 0 Å². The van der Waals surface area contributed by atoms with Crippen molar-refractivity contribution in [3.8, 4) is 0 Å². The van der Waals surface area contributed by atoms with Gasteiger partial charge in [0.1, 0.15) is 6.54 Å². The van der Waals surface area contributed by atoms with Crippen LogP contribution < -0.4 is 10.6 Å². The van der Waals surface area contributed by atoms with Gasteiger partial charge >= 0.3 is 5.97 Å². The molecule has 1 saturated carbocycles. The van der Waals surface area contributed by atoms with Crippen LogP contribution in [0.4, 0.5) is 11.4 Å². The fourth-order valence-corrected chi connectivity index (χ4v) is 2.70. The number of hydrogen-bond acceptors (Lipinski definition) is 3. The maximum atomic E-state index is 11.1. The SMILES string of the molecule is Nc1ccccc1N(CC(=O)O)C1CCCCC1. The Morgan fingerprint density at radius 3 is 2.56 bits per heavy atom. The molecule has 1 aliphatic rings. The summed E-state index contributed by atoms with van der Waals surface area (Å²) in [6.45, 7) is 0.0267. The summed E-state index contributed by atoms with van der Waals surface area (Å²) >= 11 is 0. The average Bonchev–Trinajstić information content (AvgIpc) is 2.38. The van der Waals surface area contributed by atoms with Crippen LogP contribution in [-0.2, 0) is 4.79 Å². The Labute approximate surface area is 107 Å². The Morgan fingerprint density at radius 2 is 1.94 bits per heavy atom. The van der Waals surface area contributed by atoms with E-state index in [9.17, 15) is 4.79 Å². The molecule has 2 rings (SSSR count). The molecule has 0 unspecified atom stereocenters. The first kappa shape index (κ1) is 12.7. The van der Waals surface area contributed by atoms with Gasteiger partial charge in [0.25, 0.3) is 0 Å². The van der Waals surface area contributed by atoms with Gasteiger partial charge in [0.05, 0.1) is 11.4 Å². The first-order chi connectivity index (χ1) is 8.68. The molecule has 98 valence electrons. The van der Waals surface area contributed by atoms with Crippen molar-refractivity contribution in [2.45, 2.75) is 38.1 Å². The first-order valence-corrected chi connectivity index (χ1v) is 6.51. The number of carboxylic acids is 1. The van der Waals surface area contributed by atoms with Crippen molar-refractivity contribution < 1.29 is 9.90 Å². The number of carbonyl (C=O) groups is 1. The van der Waals surface area contributed by atoms with Crippen LogP contribution in [0.5, 0.6) is 0 Å². The van der Waals surface area contributed by atoms with Crippen molar-refractivity contribution in [3.05, 3.63) is 24.3 Å². The third kappa shape index (κ3) is 2.94. The summed E-state index contributed by atoms with van der Waals surface area (Å²) in [5.41, 5.74) is 7.48. The lowest BCUT2D eigenvalue weighted by Gasteiger charge is -2.35. The second-order valence-electron chi connectivity index (χ2n) is 4.87. The molecule has 3 N–H and O–H groups in total. The van der Waals surface area contributed by atoms with Crippen LogP contribution in [0.2, 0.25) is 0 Å². The minimum absolute atomic E-state index is 0.0267. The summed E-state index contributed by atoms with van der Waals surface area (Å²) in [6, 6.07) is 7.82. The summed E-state index contributed by atoms with van der Waals surface area (Å²) in [4.78, 5) is 13.0. The normalized spacial score (nSPS) is 16.4. The molecule has 1 aromatic carbocycles. The molecule has 0 radical (unpaired) electrons. The van der Waals surface area contributed by atoms with E-state index >= 15 is 0 Å². The molecule has 4 nitrogen and oxygen atoms in total. The Balaban J connectivity index is 2.24. The lowest BCUT2D eigenvalue weighted by atomic mass is 9.93. The molecule has 4 heteroatoms. The average molecular weight is 248 g/mol. The standard InChI is InChI=1S/C14H20N2O2/c15-12-8-4-5-9-13(12)16(10-14(17)18)11-6-2-1-3-7-11/h4-5,8-9,11H,1-3,6-7,10,15H2,(H,17,18). The molecule has 0 bridgehead atoms. The van der Waals surface area contributed by atoms with Crippen LogP contribution in [0.15, 0.2) is 24.3 Å². The molecule has 0 spiro atoms. The van der Waals surface area contributed by atoms with Crippen LogP contribution in [0.1, 0.15) is 32.1 Å². The lowest BCUT2D eigenvalue weighted by molar-refractivity contribution is -0.135. The summed E-state index contributed by atoms with van der Waals surface area (Å²) in [5.74, 6) is -0.802. The molecule has 0 amide bonds. The highest BCUT2D eigenvalue weighted by atomic mass is 16.4. The van der Waals surface area contributed by atoms with E-state index < -0.39 is 5.97 Å². The van der Waals surface area contributed by atoms with Crippen molar-refractivity contribution in [2.24, 2.45) is 0 Å². The molecule has 1 aliphatic carbocycles. The number of nitrogens with two attached hydrogens (primary N) is 1. The number of hydrogen-bond donors (Lipinski definition) is 2. The second-order valence-corrected chi connectivity index (χ2v) is 4.87. The van der Waals surface area contributed by atoms with Crippen molar-refractivity contribution in [1.82, 2.24) is 0 Å². The molecule has 0 aliphatic heterocycles. The van der Waals surface area contributed by atoms with E-state index in [0.717, 1.165) is 18.5 Å². The van der Waals surface area contributed by atoms with Gasteiger partial charge < -0.3 is 15.7 Å².